The number of halogens is 2. The summed E-state index contributed by atoms with van der Waals surface area (Å²) >= 11 is 0. The number of rotatable bonds is 3. The molecule has 5 rings (SSSR count). The van der Waals surface area contributed by atoms with Gasteiger partial charge in [0.15, 0.2) is 0 Å². The topological polar surface area (TPSA) is 111 Å². The summed E-state index contributed by atoms with van der Waals surface area (Å²) < 4.78 is 18.4. The van der Waals surface area contributed by atoms with Crippen LogP contribution in [-0.2, 0) is 7.05 Å². The fourth-order valence-electron chi connectivity index (χ4n) is 5.07. The summed E-state index contributed by atoms with van der Waals surface area (Å²) in [5.74, 6) is -0.00473. The smallest absolute Gasteiger partial charge is 0.250 e. The van der Waals surface area contributed by atoms with Crippen LogP contribution in [0.2, 0.25) is 0 Å². The lowest BCUT2D eigenvalue weighted by molar-refractivity contribution is 0.0257. The number of aryl methyl sites for hydroxylation is 1. The van der Waals surface area contributed by atoms with Gasteiger partial charge in [0, 0.05) is 36.0 Å². The van der Waals surface area contributed by atoms with Crippen molar-refractivity contribution in [1.29, 1.82) is 0 Å². The molecule has 4 aromatic rings. The van der Waals surface area contributed by atoms with Crippen LogP contribution in [0.15, 0.2) is 47.4 Å². The van der Waals surface area contributed by atoms with Crippen molar-refractivity contribution in [3.8, 4) is 28.1 Å². The number of nitrogens with zero attached hydrogens (tertiary/aromatic N) is 6. The number of piperidine rings is 1. The maximum atomic E-state index is 15.4. The number of pyridine rings is 1. The molecule has 9 nitrogen and oxygen atoms in total. The number of hydrogen-bond acceptors (Lipinski definition) is 7. The van der Waals surface area contributed by atoms with Gasteiger partial charge in [0.1, 0.15) is 17.4 Å². The van der Waals surface area contributed by atoms with Gasteiger partial charge in [-0.1, -0.05) is 11.3 Å². The van der Waals surface area contributed by atoms with Gasteiger partial charge in [-0.25, -0.2) is 9.07 Å². The van der Waals surface area contributed by atoms with E-state index in [1.54, 1.807) is 37.5 Å². The van der Waals surface area contributed by atoms with Crippen molar-refractivity contribution < 1.29 is 9.50 Å². The monoisotopic (exact) mass is 513 g/mol. The second-order valence-electron chi connectivity index (χ2n) is 10.5. The third-order valence-electron chi connectivity index (χ3n) is 6.65. The molecule has 0 spiro atoms. The maximum Gasteiger partial charge on any atom is 0.250 e. The van der Waals surface area contributed by atoms with Crippen molar-refractivity contribution in [3.05, 3.63) is 52.9 Å². The molecule has 4 heterocycles. The Morgan fingerprint density at radius 3 is 2.47 bits per heavy atom. The van der Waals surface area contributed by atoms with Crippen molar-refractivity contribution in [2.45, 2.75) is 57.4 Å². The molecule has 2 atom stereocenters. The van der Waals surface area contributed by atoms with Gasteiger partial charge in [-0.2, -0.15) is 0 Å². The van der Waals surface area contributed by atoms with Crippen LogP contribution < -0.4 is 10.9 Å². The molecule has 1 aliphatic heterocycles. The Morgan fingerprint density at radius 2 is 1.78 bits per heavy atom. The van der Waals surface area contributed by atoms with Crippen LogP contribution in [0.3, 0.4) is 0 Å². The highest BCUT2D eigenvalue weighted by atomic mass is 35.5. The van der Waals surface area contributed by atoms with E-state index >= 15 is 4.39 Å². The fourth-order valence-corrected chi connectivity index (χ4v) is 5.07. The van der Waals surface area contributed by atoms with Gasteiger partial charge in [-0.15, -0.1) is 27.7 Å². The highest BCUT2D eigenvalue weighted by Gasteiger charge is 2.48. The molecule has 0 bridgehead atoms. The molecule has 0 amide bonds. The second kappa shape index (κ2) is 8.94. The Balaban J connectivity index is 0.00000304. The van der Waals surface area contributed by atoms with Gasteiger partial charge < -0.3 is 15.0 Å². The van der Waals surface area contributed by atoms with Crippen LogP contribution in [0.1, 0.15) is 40.2 Å². The molecule has 3 aromatic heterocycles. The predicted molar refractivity (Wildman–Crippen MR) is 138 cm³/mol. The lowest BCUT2D eigenvalue weighted by Gasteiger charge is -2.48. The first-order valence-corrected chi connectivity index (χ1v) is 11.5. The van der Waals surface area contributed by atoms with E-state index in [1.807, 2.05) is 33.8 Å². The van der Waals surface area contributed by atoms with E-state index < -0.39 is 17.8 Å². The summed E-state index contributed by atoms with van der Waals surface area (Å²) in [4.78, 5) is 12.0. The van der Waals surface area contributed by atoms with Gasteiger partial charge in [0.25, 0.3) is 5.56 Å². The first-order valence-electron chi connectivity index (χ1n) is 11.5. The second-order valence-corrected chi connectivity index (χ2v) is 10.5. The van der Waals surface area contributed by atoms with E-state index in [4.69, 9.17) is 0 Å². The van der Waals surface area contributed by atoms with Gasteiger partial charge in [0.05, 0.1) is 11.7 Å². The molecule has 1 fully saturated rings. The fraction of sp³-hybridized carbons (Fsp3) is 0.400. The summed E-state index contributed by atoms with van der Waals surface area (Å²) in [6, 6.07) is 9.57. The summed E-state index contributed by atoms with van der Waals surface area (Å²) in [6.07, 6.45) is 0.996. The SMILES string of the molecule is Cl.Cn1ccc(-c2ccc(-c3cc4nnn([C@H]5CC(C)(C)NC(C)(C)[C@H]5F)c4nn3)c(O)c2)cc1=O. The molecule has 11 heteroatoms. The van der Waals surface area contributed by atoms with E-state index in [9.17, 15) is 9.90 Å². The number of fused-ring (bicyclic) bond motifs is 1. The van der Waals surface area contributed by atoms with Gasteiger partial charge in [-0.3, -0.25) is 4.79 Å². The van der Waals surface area contributed by atoms with E-state index in [-0.39, 0.29) is 29.3 Å². The highest BCUT2D eigenvalue weighted by Crippen LogP contribution is 2.39. The number of aromatic nitrogens is 6. The zero-order chi connectivity index (χ0) is 25.1. The molecule has 0 unspecified atom stereocenters. The Hall–Kier alpha value is -3.37. The quantitative estimate of drug-likeness (QED) is 0.428. The van der Waals surface area contributed by atoms with Crippen molar-refractivity contribution in [2.24, 2.45) is 7.05 Å². The lowest BCUT2D eigenvalue weighted by atomic mass is 9.78. The summed E-state index contributed by atoms with van der Waals surface area (Å²) in [5.41, 5.74) is 1.98. The third-order valence-corrected chi connectivity index (χ3v) is 6.65. The highest BCUT2D eigenvalue weighted by molar-refractivity contribution is 5.85. The number of phenolic OH excluding ortho intramolecular Hbond substituents is 1. The van der Waals surface area contributed by atoms with E-state index in [1.165, 1.54) is 15.3 Å². The van der Waals surface area contributed by atoms with E-state index in [2.05, 4.69) is 25.8 Å². The third kappa shape index (κ3) is 4.46. The van der Waals surface area contributed by atoms with Crippen molar-refractivity contribution in [1.82, 2.24) is 35.1 Å². The standard InChI is InChI=1S/C25H28FN7O2.ClH/c1-24(2)13-19(22(26)25(3,4)30-24)33-23-18(28-31-33)12-17(27-29-23)16-7-6-14(10-20(16)34)15-8-9-32(5)21(35)11-15;/h6-12,19,22,30,34H,13H2,1-5H3;1H/t19-,22-;/m0./s1. The minimum Gasteiger partial charge on any atom is -0.507 e. The molecule has 0 aliphatic carbocycles. The Labute approximate surface area is 213 Å². The normalized spacial score (nSPS) is 20.7. The van der Waals surface area contributed by atoms with Crippen molar-refractivity contribution >= 4 is 23.6 Å². The van der Waals surface area contributed by atoms with Crippen LogP contribution in [0.5, 0.6) is 5.75 Å². The first kappa shape index (κ1) is 25.7. The minimum atomic E-state index is -1.20. The molecule has 1 aromatic carbocycles. The number of alkyl halides is 1. The number of benzene rings is 1. The average Bonchev–Trinajstić information content (AvgIpc) is 3.20. The Bertz CT molecular complexity index is 1500. The maximum absolute atomic E-state index is 15.4. The lowest BCUT2D eigenvalue weighted by Crippen LogP contribution is -2.64. The summed E-state index contributed by atoms with van der Waals surface area (Å²) in [5, 5.41) is 31.1. The molecule has 1 saturated heterocycles. The summed E-state index contributed by atoms with van der Waals surface area (Å²) in [6.45, 7) is 7.76. The molecular weight excluding hydrogens is 485 g/mol. The molecule has 1 aliphatic rings. The van der Waals surface area contributed by atoms with E-state index in [0.717, 1.165) is 0 Å². The Morgan fingerprint density at radius 1 is 1.06 bits per heavy atom. The predicted octanol–water partition coefficient (Wildman–Crippen LogP) is 3.81. The van der Waals surface area contributed by atoms with Gasteiger partial charge in [-0.05, 0) is 69.5 Å². The zero-order valence-electron chi connectivity index (χ0n) is 20.7. The minimum absolute atomic E-state index is 0. The van der Waals surface area contributed by atoms with Crippen LogP contribution in [0.4, 0.5) is 4.39 Å². The van der Waals surface area contributed by atoms with Gasteiger partial charge in [0.2, 0.25) is 5.65 Å². The average molecular weight is 514 g/mol. The molecule has 0 radical (unpaired) electrons. The first-order chi connectivity index (χ1) is 16.4. The van der Waals surface area contributed by atoms with Crippen LogP contribution in [-0.4, -0.2) is 52.1 Å². The molecule has 2 N–H and O–H groups in total. The number of phenols is 1. The number of hydrogen-bond donors (Lipinski definition) is 2. The number of nitrogens with one attached hydrogen (secondary N) is 1. The van der Waals surface area contributed by atoms with Gasteiger partial charge >= 0.3 is 0 Å². The van der Waals surface area contributed by atoms with Crippen LogP contribution >= 0.6 is 12.4 Å². The molecule has 0 saturated carbocycles. The Kier molecular flexibility index (Phi) is 6.38. The van der Waals surface area contributed by atoms with Crippen molar-refractivity contribution in [2.75, 3.05) is 0 Å². The zero-order valence-corrected chi connectivity index (χ0v) is 21.5. The van der Waals surface area contributed by atoms with Crippen LogP contribution in [0.25, 0.3) is 33.5 Å². The molecular formula is C25H29ClFN7O2. The largest absolute Gasteiger partial charge is 0.507 e. The summed E-state index contributed by atoms with van der Waals surface area (Å²) in [7, 11) is 1.68. The number of aromatic hydroxyl groups is 1. The van der Waals surface area contributed by atoms with Crippen molar-refractivity contribution in [3.63, 3.8) is 0 Å². The molecule has 190 valence electrons. The van der Waals surface area contributed by atoms with Crippen LogP contribution in [0, 0.1) is 0 Å². The van der Waals surface area contributed by atoms with E-state index in [0.29, 0.717) is 40.0 Å². The molecule has 36 heavy (non-hydrogen) atoms.